The lowest BCUT2D eigenvalue weighted by atomic mass is 10.1. The molecule has 2 rings (SSSR count). The molecule has 1 fully saturated rings. The number of halogens is 1. The van der Waals surface area contributed by atoms with E-state index in [1.807, 2.05) is 6.26 Å². The predicted octanol–water partition coefficient (Wildman–Crippen LogP) is 3.23. The molecule has 0 aromatic heterocycles. The minimum Gasteiger partial charge on any atom is -0.480 e. The number of nitrogens with zero attached hydrogens (tertiary/aromatic N) is 1. The van der Waals surface area contributed by atoms with Crippen LogP contribution in [0.3, 0.4) is 0 Å². The summed E-state index contributed by atoms with van der Waals surface area (Å²) in [7, 11) is 0. The number of carboxylic acids is 1. The standard InChI is InChI=1S/C15H14FNO3S3/c1-22-7-6-11(14(19)20)17-13(18)12(23-15(17)21)8-9-2-4-10(16)5-3-9/h2-5,8,11H,6-7H2,1H3,(H,19,20)/b12-8+/t11-/m0/s1. The molecule has 1 amide bonds. The molecule has 1 atom stereocenters. The Balaban J connectivity index is 2.24. The summed E-state index contributed by atoms with van der Waals surface area (Å²) in [5.41, 5.74) is 0.655. The molecular weight excluding hydrogens is 357 g/mol. The van der Waals surface area contributed by atoms with Gasteiger partial charge in [-0.25, -0.2) is 9.18 Å². The average Bonchev–Trinajstić information content (AvgIpc) is 2.77. The van der Waals surface area contributed by atoms with Crippen LogP contribution in [0.2, 0.25) is 0 Å². The molecule has 1 aliphatic rings. The Kier molecular flexibility index (Phi) is 6.20. The van der Waals surface area contributed by atoms with Gasteiger partial charge in [-0.2, -0.15) is 11.8 Å². The van der Waals surface area contributed by atoms with Crippen LogP contribution >= 0.6 is 35.7 Å². The molecule has 1 aliphatic heterocycles. The number of rotatable bonds is 6. The third-order valence-electron chi connectivity index (χ3n) is 3.18. The van der Waals surface area contributed by atoms with Crippen molar-refractivity contribution < 1.29 is 19.1 Å². The molecule has 8 heteroatoms. The van der Waals surface area contributed by atoms with Crippen LogP contribution in [0.15, 0.2) is 29.2 Å². The van der Waals surface area contributed by atoms with E-state index in [1.54, 1.807) is 18.2 Å². The maximum absolute atomic E-state index is 12.9. The van der Waals surface area contributed by atoms with Crippen LogP contribution in [0.4, 0.5) is 4.39 Å². The van der Waals surface area contributed by atoms with Crippen LogP contribution in [0.25, 0.3) is 6.08 Å². The van der Waals surface area contributed by atoms with E-state index >= 15 is 0 Å². The van der Waals surface area contributed by atoms with Gasteiger partial charge in [-0.3, -0.25) is 9.69 Å². The zero-order valence-corrected chi connectivity index (χ0v) is 14.6. The largest absolute Gasteiger partial charge is 0.480 e. The molecule has 0 unspecified atom stereocenters. The fourth-order valence-corrected chi connectivity index (χ4v) is 3.87. The Bertz CT molecular complexity index is 660. The summed E-state index contributed by atoms with van der Waals surface area (Å²) in [4.78, 5) is 25.5. The predicted molar refractivity (Wildman–Crippen MR) is 95.8 cm³/mol. The Morgan fingerprint density at radius 3 is 2.70 bits per heavy atom. The number of carbonyl (C=O) groups is 2. The van der Waals surface area contributed by atoms with Gasteiger partial charge in [0.05, 0.1) is 4.91 Å². The van der Waals surface area contributed by atoms with Crippen LogP contribution in [0.5, 0.6) is 0 Å². The number of hydrogen-bond donors (Lipinski definition) is 1. The van der Waals surface area contributed by atoms with Crippen molar-refractivity contribution in [2.45, 2.75) is 12.5 Å². The van der Waals surface area contributed by atoms with E-state index in [-0.39, 0.29) is 10.1 Å². The van der Waals surface area contributed by atoms with Crippen molar-refractivity contribution in [1.29, 1.82) is 0 Å². The van der Waals surface area contributed by atoms with Crippen molar-refractivity contribution in [2.24, 2.45) is 0 Å². The lowest BCUT2D eigenvalue weighted by Gasteiger charge is -2.22. The van der Waals surface area contributed by atoms with Gasteiger partial charge in [-0.05, 0) is 42.2 Å². The molecule has 23 heavy (non-hydrogen) atoms. The second kappa shape index (κ2) is 7.94. The van der Waals surface area contributed by atoms with Crippen LogP contribution in [0.1, 0.15) is 12.0 Å². The molecule has 1 N–H and O–H groups in total. The van der Waals surface area contributed by atoms with Gasteiger partial charge in [0.1, 0.15) is 16.2 Å². The Labute approximate surface area is 147 Å². The van der Waals surface area contributed by atoms with Gasteiger partial charge in [0, 0.05) is 0 Å². The SMILES string of the molecule is CSCC[C@@H](C(=O)O)N1C(=O)/C(=C\c2ccc(F)cc2)SC1=S. The third-order valence-corrected chi connectivity index (χ3v) is 5.16. The summed E-state index contributed by atoms with van der Waals surface area (Å²) in [6.07, 6.45) is 3.79. The Morgan fingerprint density at radius 2 is 2.13 bits per heavy atom. The second-order valence-electron chi connectivity index (χ2n) is 4.74. The number of thioether (sulfide) groups is 2. The van der Waals surface area contributed by atoms with Crippen molar-refractivity contribution >= 4 is 58.0 Å². The molecule has 0 aliphatic carbocycles. The van der Waals surface area contributed by atoms with E-state index in [2.05, 4.69) is 0 Å². The van der Waals surface area contributed by atoms with Crippen LogP contribution in [-0.2, 0) is 9.59 Å². The van der Waals surface area contributed by atoms with E-state index in [9.17, 15) is 19.1 Å². The molecule has 1 heterocycles. The zero-order chi connectivity index (χ0) is 17.0. The minimum atomic E-state index is -1.07. The topological polar surface area (TPSA) is 57.6 Å². The van der Waals surface area contributed by atoms with E-state index in [0.29, 0.717) is 22.6 Å². The van der Waals surface area contributed by atoms with Gasteiger partial charge < -0.3 is 5.11 Å². The molecule has 1 saturated heterocycles. The highest BCUT2D eigenvalue weighted by molar-refractivity contribution is 8.26. The molecule has 4 nitrogen and oxygen atoms in total. The number of benzene rings is 1. The summed E-state index contributed by atoms with van der Waals surface area (Å²) in [6.45, 7) is 0. The molecule has 122 valence electrons. The maximum Gasteiger partial charge on any atom is 0.326 e. The van der Waals surface area contributed by atoms with Crippen molar-refractivity contribution in [3.05, 3.63) is 40.6 Å². The summed E-state index contributed by atoms with van der Waals surface area (Å²) in [5, 5.41) is 9.37. The summed E-state index contributed by atoms with van der Waals surface area (Å²) < 4.78 is 13.2. The van der Waals surface area contributed by atoms with E-state index in [0.717, 1.165) is 16.7 Å². The van der Waals surface area contributed by atoms with Gasteiger partial charge >= 0.3 is 5.97 Å². The van der Waals surface area contributed by atoms with Gasteiger partial charge in [0.2, 0.25) is 0 Å². The maximum atomic E-state index is 12.9. The van der Waals surface area contributed by atoms with Crippen LogP contribution < -0.4 is 0 Å². The number of hydrogen-bond acceptors (Lipinski definition) is 5. The van der Waals surface area contributed by atoms with Crippen molar-refractivity contribution in [2.75, 3.05) is 12.0 Å². The minimum absolute atomic E-state index is 0.233. The normalized spacial score (nSPS) is 17.8. The van der Waals surface area contributed by atoms with Gasteiger partial charge in [0.25, 0.3) is 5.91 Å². The quantitative estimate of drug-likeness (QED) is 0.612. The molecule has 0 saturated carbocycles. The highest BCUT2D eigenvalue weighted by Gasteiger charge is 2.40. The van der Waals surface area contributed by atoms with Gasteiger partial charge in [0.15, 0.2) is 0 Å². The molecular formula is C15H14FNO3S3. The first-order valence-electron chi connectivity index (χ1n) is 6.68. The van der Waals surface area contributed by atoms with Gasteiger partial charge in [-0.1, -0.05) is 36.1 Å². The highest BCUT2D eigenvalue weighted by atomic mass is 32.2. The lowest BCUT2D eigenvalue weighted by molar-refractivity contribution is -0.145. The average molecular weight is 371 g/mol. The van der Waals surface area contributed by atoms with Crippen LogP contribution in [0, 0.1) is 5.82 Å². The number of carbonyl (C=O) groups excluding carboxylic acids is 1. The van der Waals surface area contributed by atoms with E-state index in [1.165, 1.54) is 23.9 Å². The van der Waals surface area contributed by atoms with E-state index < -0.39 is 17.9 Å². The number of aliphatic carboxylic acids is 1. The van der Waals surface area contributed by atoms with Crippen molar-refractivity contribution in [3.8, 4) is 0 Å². The molecule has 0 bridgehead atoms. The smallest absolute Gasteiger partial charge is 0.326 e. The van der Waals surface area contributed by atoms with E-state index in [4.69, 9.17) is 12.2 Å². The summed E-state index contributed by atoms with van der Waals surface area (Å²) >= 11 is 7.75. The molecule has 1 aromatic carbocycles. The molecule has 0 radical (unpaired) electrons. The monoisotopic (exact) mass is 371 g/mol. The number of thiocarbonyl (C=S) groups is 1. The fourth-order valence-electron chi connectivity index (χ4n) is 2.05. The Hall–Kier alpha value is -1.38. The molecule has 1 aromatic rings. The summed E-state index contributed by atoms with van der Waals surface area (Å²) in [5.74, 6) is -1.24. The first-order chi connectivity index (χ1) is 10.9. The highest BCUT2D eigenvalue weighted by Crippen LogP contribution is 2.34. The zero-order valence-electron chi connectivity index (χ0n) is 12.2. The van der Waals surface area contributed by atoms with Crippen molar-refractivity contribution in [1.82, 2.24) is 4.90 Å². The fraction of sp³-hybridized carbons (Fsp3) is 0.267. The first kappa shape index (κ1) is 18.0. The van der Waals surface area contributed by atoms with Crippen molar-refractivity contribution in [3.63, 3.8) is 0 Å². The number of carboxylic acid groups (broad SMARTS) is 1. The first-order valence-corrected chi connectivity index (χ1v) is 9.30. The van der Waals surface area contributed by atoms with Gasteiger partial charge in [-0.15, -0.1) is 0 Å². The summed E-state index contributed by atoms with van der Waals surface area (Å²) in [6, 6.07) is 4.72. The lowest BCUT2D eigenvalue weighted by Crippen LogP contribution is -2.44. The Morgan fingerprint density at radius 1 is 1.48 bits per heavy atom. The number of amides is 1. The van der Waals surface area contributed by atoms with Crippen LogP contribution in [-0.4, -0.2) is 44.3 Å². The molecule has 0 spiro atoms. The second-order valence-corrected chi connectivity index (χ2v) is 7.40. The third kappa shape index (κ3) is 4.33.